The molecule has 1 aromatic rings. The summed E-state index contributed by atoms with van der Waals surface area (Å²) in [6.07, 6.45) is 0. The van der Waals surface area contributed by atoms with Crippen molar-refractivity contribution in [3.8, 4) is 6.07 Å². The van der Waals surface area contributed by atoms with E-state index < -0.39 is 10.0 Å². The first-order valence-corrected chi connectivity index (χ1v) is 7.99. The zero-order chi connectivity index (χ0) is 15.2. The lowest BCUT2D eigenvalue weighted by atomic mass is 10.1. The van der Waals surface area contributed by atoms with E-state index in [9.17, 15) is 8.42 Å². The van der Waals surface area contributed by atoms with Gasteiger partial charge in [-0.15, -0.1) is 0 Å². The number of hydrogen-bond acceptors (Lipinski definition) is 4. The number of ether oxygens (including phenoxy) is 1. The highest BCUT2D eigenvalue weighted by molar-refractivity contribution is 7.89. The highest BCUT2D eigenvalue weighted by Gasteiger charge is 2.22. The molecule has 20 heavy (non-hydrogen) atoms. The molecular weight excluding hydrogens is 276 g/mol. The molecule has 0 aliphatic heterocycles. The van der Waals surface area contributed by atoms with Gasteiger partial charge >= 0.3 is 0 Å². The Morgan fingerprint density at radius 1 is 1.40 bits per heavy atom. The molecule has 0 aromatic heterocycles. The molecule has 0 spiro atoms. The van der Waals surface area contributed by atoms with Gasteiger partial charge < -0.3 is 4.74 Å². The van der Waals surface area contributed by atoms with Crippen LogP contribution >= 0.6 is 0 Å². The number of rotatable bonds is 7. The number of benzene rings is 1. The average Bonchev–Trinajstić information content (AvgIpc) is 2.43. The molecule has 1 rings (SSSR count). The van der Waals surface area contributed by atoms with Crippen molar-refractivity contribution in [3.63, 3.8) is 0 Å². The highest BCUT2D eigenvalue weighted by Crippen LogP contribution is 2.13. The first kappa shape index (κ1) is 16.6. The number of nitriles is 1. The molecule has 5 nitrogen and oxygen atoms in total. The number of sulfonamides is 1. The molecule has 0 saturated heterocycles. The molecule has 0 saturated carbocycles. The van der Waals surface area contributed by atoms with E-state index in [-0.39, 0.29) is 16.9 Å². The summed E-state index contributed by atoms with van der Waals surface area (Å²) in [7, 11) is -3.65. The lowest BCUT2D eigenvalue weighted by Crippen LogP contribution is -2.41. The van der Waals surface area contributed by atoms with Gasteiger partial charge in [0.2, 0.25) is 10.0 Å². The van der Waals surface area contributed by atoms with E-state index in [1.165, 1.54) is 12.1 Å². The second-order valence-corrected chi connectivity index (χ2v) is 6.48. The van der Waals surface area contributed by atoms with Crippen LogP contribution in [-0.2, 0) is 14.8 Å². The monoisotopic (exact) mass is 296 g/mol. The molecule has 110 valence electrons. The lowest BCUT2D eigenvalue weighted by molar-refractivity contribution is 0.116. The second kappa shape index (κ2) is 7.39. The Labute approximate surface area is 120 Å². The van der Waals surface area contributed by atoms with Crippen LogP contribution in [-0.4, -0.2) is 27.7 Å². The van der Waals surface area contributed by atoms with E-state index in [1.807, 2.05) is 26.8 Å². The summed E-state index contributed by atoms with van der Waals surface area (Å²) in [5.74, 6) is 0.107. The summed E-state index contributed by atoms with van der Waals surface area (Å²) in [4.78, 5) is 0.0960. The molecule has 1 atom stereocenters. The minimum atomic E-state index is -3.65. The Bertz CT molecular complexity index is 576. The Balaban J connectivity index is 2.94. The molecule has 1 aromatic carbocycles. The molecule has 0 amide bonds. The third-order valence-electron chi connectivity index (χ3n) is 2.89. The Morgan fingerprint density at radius 3 is 2.65 bits per heavy atom. The van der Waals surface area contributed by atoms with Crippen molar-refractivity contribution in [2.75, 3.05) is 13.2 Å². The summed E-state index contributed by atoms with van der Waals surface area (Å²) in [6, 6.07) is 7.59. The third kappa shape index (κ3) is 4.60. The topological polar surface area (TPSA) is 79.2 Å². The SMILES string of the molecule is CCOCC(NS(=O)(=O)c1cccc(C#N)c1)C(C)C. The van der Waals surface area contributed by atoms with Crippen LogP contribution in [0.1, 0.15) is 26.3 Å². The molecule has 1 unspecified atom stereocenters. The van der Waals surface area contributed by atoms with Crippen LogP contribution in [0.25, 0.3) is 0 Å². The predicted octanol–water partition coefficient (Wildman–Crippen LogP) is 1.90. The van der Waals surface area contributed by atoms with Crippen molar-refractivity contribution in [2.45, 2.75) is 31.7 Å². The quantitative estimate of drug-likeness (QED) is 0.833. The number of nitrogens with zero attached hydrogens (tertiary/aromatic N) is 1. The molecule has 0 aliphatic rings. The Morgan fingerprint density at radius 2 is 2.10 bits per heavy atom. The molecular formula is C14H20N2O3S. The largest absolute Gasteiger partial charge is 0.380 e. The van der Waals surface area contributed by atoms with Crippen molar-refractivity contribution in [3.05, 3.63) is 29.8 Å². The smallest absolute Gasteiger partial charge is 0.240 e. The van der Waals surface area contributed by atoms with Gasteiger partial charge in [-0.05, 0) is 31.0 Å². The molecule has 0 aliphatic carbocycles. The van der Waals surface area contributed by atoms with E-state index in [0.29, 0.717) is 18.8 Å². The minimum absolute atomic E-state index is 0.0960. The van der Waals surface area contributed by atoms with Crippen LogP contribution < -0.4 is 4.72 Å². The van der Waals surface area contributed by atoms with Crippen molar-refractivity contribution < 1.29 is 13.2 Å². The van der Waals surface area contributed by atoms with Crippen LogP contribution in [0.2, 0.25) is 0 Å². The van der Waals surface area contributed by atoms with Gasteiger partial charge in [0.1, 0.15) is 0 Å². The Kier molecular flexibility index (Phi) is 6.14. The zero-order valence-electron chi connectivity index (χ0n) is 12.0. The van der Waals surface area contributed by atoms with Crippen molar-refractivity contribution in [2.24, 2.45) is 5.92 Å². The fourth-order valence-corrected chi connectivity index (χ4v) is 3.02. The molecule has 6 heteroatoms. The van der Waals surface area contributed by atoms with Crippen LogP contribution in [0.15, 0.2) is 29.2 Å². The molecule has 0 bridgehead atoms. The van der Waals surface area contributed by atoms with Gasteiger partial charge in [0.25, 0.3) is 0 Å². The fourth-order valence-electron chi connectivity index (χ4n) is 1.61. The van der Waals surface area contributed by atoms with Gasteiger partial charge in [-0.2, -0.15) is 5.26 Å². The van der Waals surface area contributed by atoms with Crippen LogP contribution in [0, 0.1) is 17.2 Å². The van der Waals surface area contributed by atoms with Gasteiger partial charge in [0.15, 0.2) is 0 Å². The molecule has 0 radical (unpaired) electrons. The Hall–Kier alpha value is -1.42. The normalized spacial score (nSPS) is 13.2. The van der Waals surface area contributed by atoms with Crippen LogP contribution in [0.3, 0.4) is 0 Å². The maximum atomic E-state index is 12.3. The molecule has 0 heterocycles. The zero-order valence-corrected chi connectivity index (χ0v) is 12.8. The van der Waals surface area contributed by atoms with Crippen molar-refractivity contribution >= 4 is 10.0 Å². The van der Waals surface area contributed by atoms with Crippen molar-refractivity contribution in [1.29, 1.82) is 5.26 Å². The fraction of sp³-hybridized carbons (Fsp3) is 0.500. The van der Waals surface area contributed by atoms with E-state index in [1.54, 1.807) is 12.1 Å². The predicted molar refractivity (Wildman–Crippen MR) is 76.6 cm³/mol. The van der Waals surface area contributed by atoms with Gasteiger partial charge in [-0.3, -0.25) is 0 Å². The summed E-state index contributed by atoms with van der Waals surface area (Å²) in [5, 5.41) is 8.83. The molecule has 0 fully saturated rings. The summed E-state index contributed by atoms with van der Waals surface area (Å²) < 4.78 is 32.5. The summed E-state index contributed by atoms with van der Waals surface area (Å²) in [6.45, 7) is 6.58. The van der Waals surface area contributed by atoms with Crippen LogP contribution in [0.4, 0.5) is 0 Å². The average molecular weight is 296 g/mol. The first-order valence-electron chi connectivity index (χ1n) is 6.51. The second-order valence-electron chi connectivity index (χ2n) is 4.77. The van der Waals surface area contributed by atoms with Gasteiger partial charge in [0, 0.05) is 12.6 Å². The van der Waals surface area contributed by atoms with E-state index in [2.05, 4.69) is 4.72 Å². The minimum Gasteiger partial charge on any atom is -0.380 e. The van der Waals surface area contributed by atoms with E-state index in [0.717, 1.165) is 0 Å². The van der Waals surface area contributed by atoms with E-state index >= 15 is 0 Å². The maximum Gasteiger partial charge on any atom is 0.240 e. The van der Waals surface area contributed by atoms with Crippen LogP contribution in [0.5, 0.6) is 0 Å². The van der Waals surface area contributed by atoms with Gasteiger partial charge in [0.05, 0.1) is 23.1 Å². The summed E-state index contributed by atoms with van der Waals surface area (Å²) >= 11 is 0. The number of hydrogen-bond donors (Lipinski definition) is 1. The van der Waals surface area contributed by atoms with Gasteiger partial charge in [-0.25, -0.2) is 13.1 Å². The molecule has 1 N–H and O–H groups in total. The van der Waals surface area contributed by atoms with E-state index in [4.69, 9.17) is 10.00 Å². The van der Waals surface area contributed by atoms with Crippen molar-refractivity contribution in [1.82, 2.24) is 4.72 Å². The highest BCUT2D eigenvalue weighted by atomic mass is 32.2. The summed E-state index contributed by atoms with van der Waals surface area (Å²) in [5.41, 5.74) is 0.318. The number of nitrogens with one attached hydrogen (secondary N) is 1. The maximum absolute atomic E-state index is 12.3. The third-order valence-corrected chi connectivity index (χ3v) is 4.37. The first-order chi connectivity index (χ1) is 9.40. The lowest BCUT2D eigenvalue weighted by Gasteiger charge is -2.22. The van der Waals surface area contributed by atoms with Gasteiger partial charge in [-0.1, -0.05) is 19.9 Å². The standard InChI is InChI=1S/C14H20N2O3S/c1-4-19-10-14(11(2)3)16-20(17,18)13-7-5-6-12(8-13)9-15/h5-8,11,14,16H,4,10H2,1-3H3.